The summed E-state index contributed by atoms with van der Waals surface area (Å²) < 4.78 is 6.24. The van der Waals surface area contributed by atoms with Gasteiger partial charge in [0, 0.05) is 5.39 Å². The molecular formula is C18H12N2O3S. The topological polar surface area (TPSA) is 72.2 Å². The second kappa shape index (κ2) is 5.90. The molecule has 5 nitrogen and oxygen atoms in total. The maximum Gasteiger partial charge on any atom is 0.347 e. The van der Waals surface area contributed by atoms with Gasteiger partial charge in [-0.25, -0.2) is 9.78 Å². The SMILES string of the molecule is O=C(CNc1nc2ccccc2s1)c1cc2ccccc2oc1=O. The quantitative estimate of drug-likeness (QED) is 0.454. The van der Waals surface area contributed by atoms with Crippen molar-refractivity contribution in [3.63, 3.8) is 0 Å². The maximum atomic E-state index is 12.4. The summed E-state index contributed by atoms with van der Waals surface area (Å²) in [5.74, 6) is -0.325. The molecule has 2 aromatic heterocycles. The average molecular weight is 336 g/mol. The molecule has 118 valence electrons. The van der Waals surface area contributed by atoms with Gasteiger partial charge in [-0.1, -0.05) is 41.7 Å². The highest BCUT2D eigenvalue weighted by atomic mass is 32.1. The van der Waals surface area contributed by atoms with Gasteiger partial charge in [-0.05, 0) is 24.3 Å². The first-order valence-electron chi connectivity index (χ1n) is 7.36. The molecular weight excluding hydrogens is 324 g/mol. The molecule has 0 saturated carbocycles. The van der Waals surface area contributed by atoms with Crippen LogP contribution in [0.3, 0.4) is 0 Å². The van der Waals surface area contributed by atoms with Gasteiger partial charge in [0.2, 0.25) is 0 Å². The van der Waals surface area contributed by atoms with Gasteiger partial charge in [0.15, 0.2) is 10.9 Å². The summed E-state index contributed by atoms with van der Waals surface area (Å²) in [6.45, 7) is -0.0110. The van der Waals surface area contributed by atoms with E-state index in [0.717, 1.165) is 15.6 Å². The van der Waals surface area contributed by atoms with Crippen molar-refractivity contribution in [2.45, 2.75) is 0 Å². The number of rotatable bonds is 4. The number of nitrogens with one attached hydrogen (secondary N) is 1. The highest BCUT2D eigenvalue weighted by Crippen LogP contribution is 2.25. The predicted molar refractivity (Wildman–Crippen MR) is 94.9 cm³/mol. The standard InChI is InChI=1S/C18H12N2O3S/c21-14(10-19-18-20-13-6-2-4-8-16(13)24-18)12-9-11-5-1-3-7-15(11)23-17(12)22/h1-9H,10H2,(H,19,20). The Labute approximate surface area is 140 Å². The fraction of sp³-hybridized carbons (Fsp3) is 0.0556. The minimum Gasteiger partial charge on any atom is -0.422 e. The van der Waals surface area contributed by atoms with E-state index in [9.17, 15) is 9.59 Å². The summed E-state index contributed by atoms with van der Waals surface area (Å²) >= 11 is 1.47. The molecule has 0 unspecified atom stereocenters. The van der Waals surface area contributed by atoms with Crippen LogP contribution in [0.4, 0.5) is 5.13 Å². The number of ketones is 1. The lowest BCUT2D eigenvalue weighted by Crippen LogP contribution is -2.21. The fourth-order valence-electron chi connectivity index (χ4n) is 2.46. The number of nitrogens with zero attached hydrogens (tertiary/aromatic N) is 1. The number of fused-ring (bicyclic) bond motifs is 2. The Kier molecular flexibility index (Phi) is 3.59. The second-order valence-corrected chi connectivity index (χ2v) is 6.28. The molecule has 0 saturated heterocycles. The molecule has 0 aliphatic carbocycles. The summed E-state index contributed by atoms with van der Waals surface area (Å²) in [7, 11) is 0. The van der Waals surface area contributed by atoms with E-state index in [0.29, 0.717) is 10.7 Å². The van der Waals surface area contributed by atoms with Crippen LogP contribution in [-0.2, 0) is 0 Å². The molecule has 0 atom stereocenters. The Bertz CT molecular complexity index is 1080. The van der Waals surface area contributed by atoms with Crippen molar-refractivity contribution >= 4 is 43.4 Å². The van der Waals surface area contributed by atoms with E-state index in [1.165, 1.54) is 11.3 Å². The van der Waals surface area contributed by atoms with Gasteiger partial charge < -0.3 is 9.73 Å². The van der Waals surface area contributed by atoms with Gasteiger partial charge in [-0.15, -0.1) is 0 Å². The van der Waals surface area contributed by atoms with Crippen LogP contribution in [-0.4, -0.2) is 17.3 Å². The van der Waals surface area contributed by atoms with Gasteiger partial charge in [0.1, 0.15) is 11.1 Å². The first-order chi connectivity index (χ1) is 11.7. The predicted octanol–water partition coefficient (Wildman–Crippen LogP) is 3.70. The summed E-state index contributed by atoms with van der Waals surface area (Å²) in [5, 5.41) is 4.36. The zero-order chi connectivity index (χ0) is 16.5. The van der Waals surface area contributed by atoms with E-state index < -0.39 is 5.63 Å². The van der Waals surface area contributed by atoms with Crippen molar-refractivity contribution in [3.8, 4) is 0 Å². The minimum atomic E-state index is -0.621. The summed E-state index contributed by atoms with van der Waals surface area (Å²) in [5.41, 5.74) is 0.771. The number of benzene rings is 2. The van der Waals surface area contributed by atoms with Crippen LogP contribution < -0.4 is 10.9 Å². The van der Waals surface area contributed by atoms with E-state index in [2.05, 4.69) is 10.3 Å². The van der Waals surface area contributed by atoms with Crippen LogP contribution in [0.25, 0.3) is 21.2 Å². The molecule has 0 spiro atoms. The van der Waals surface area contributed by atoms with E-state index in [1.54, 1.807) is 24.3 Å². The molecule has 0 fully saturated rings. The molecule has 0 aliphatic rings. The molecule has 0 amide bonds. The van der Waals surface area contributed by atoms with E-state index in [1.807, 2.05) is 30.3 Å². The van der Waals surface area contributed by atoms with Gasteiger partial charge in [0.05, 0.1) is 16.8 Å². The molecule has 0 bridgehead atoms. The van der Waals surface area contributed by atoms with Crippen LogP contribution in [0.1, 0.15) is 10.4 Å². The number of thiazole rings is 1. The number of carbonyl (C=O) groups excluding carboxylic acids is 1. The molecule has 4 rings (SSSR count). The molecule has 2 aromatic carbocycles. The van der Waals surface area contributed by atoms with Gasteiger partial charge in [0.25, 0.3) is 0 Å². The average Bonchev–Trinajstić information content (AvgIpc) is 3.02. The second-order valence-electron chi connectivity index (χ2n) is 5.25. The monoisotopic (exact) mass is 336 g/mol. The lowest BCUT2D eigenvalue weighted by Gasteiger charge is -2.02. The summed E-state index contributed by atoms with van der Waals surface area (Å²) in [6.07, 6.45) is 0. The highest BCUT2D eigenvalue weighted by molar-refractivity contribution is 7.22. The number of carbonyl (C=O) groups is 1. The normalized spacial score (nSPS) is 11.0. The van der Waals surface area contributed by atoms with Gasteiger partial charge in [-0.2, -0.15) is 0 Å². The molecule has 24 heavy (non-hydrogen) atoms. The molecule has 0 aliphatic heterocycles. The summed E-state index contributed by atoms with van der Waals surface area (Å²) in [4.78, 5) is 28.8. The van der Waals surface area contributed by atoms with Crippen molar-refractivity contribution in [2.75, 3.05) is 11.9 Å². The summed E-state index contributed by atoms with van der Waals surface area (Å²) in [6, 6.07) is 16.4. The Morgan fingerprint density at radius 2 is 1.92 bits per heavy atom. The fourth-order valence-corrected chi connectivity index (χ4v) is 3.32. The molecule has 4 aromatic rings. The molecule has 1 N–H and O–H groups in total. The van der Waals surface area contributed by atoms with Crippen molar-refractivity contribution in [3.05, 3.63) is 70.6 Å². The minimum absolute atomic E-state index is 0.0110. The molecule has 6 heteroatoms. The first-order valence-corrected chi connectivity index (χ1v) is 8.18. The zero-order valence-corrected chi connectivity index (χ0v) is 13.3. The molecule has 0 radical (unpaired) electrons. The van der Waals surface area contributed by atoms with Crippen molar-refractivity contribution in [2.24, 2.45) is 0 Å². The largest absolute Gasteiger partial charge is 0.422 e. The number of anilines is 1. The zero-order valence-electron chi connectivity index (χ0n) is 12.5. The van der Waals surface area contributed by atoms with Crippen LogP contribution in [0.2, 0.25) is 0 Å². The smallest absolute Gasteiger partial charge is 0.347 e. The van der Waals surface area contributed by atoms with Crippen LogP contribution in [0.15, 0.2) is 63.8 Å². The lowest BCUT2D eigenvalue weighted by molar-refractivity contribution is 0.100. The van der Waals surface area contributed by atoms with E-state index in [4.69, 9.17) is 4.42 Å². The maximum absolute atomic E-state index is 12.4. The Morgan fingerprint density at radius 3 is 2.79 bits per heavy atom. The first kappa shape index (κ1) is 14.6. The van der Waals surface area contributed by atoms with Crippen molar-refractivity contribution in [1.82, 2.24) is 4.98 Å². The Balaban J connectivity index is 1.57. The van der Waals surface area contributed by atoms with Crippen molar-refractivity contribution in [1.29, 1.82) is 0 Å². The number of hydrogen-bond donors (Lipinski definition) is 1. The number of Topliss-reactive ketones (excluding diaryl/α,β-unsaturated/α-hetero) is 1. The third-order valence-corrected chi connectivity index (χ3v) is 4.63. The molecule has 2 heterocycles. The Hall–Kier alpha value is -2.99. The van der Waals surface area contributed by atoms with Crippen LogP contribution in [0, 0.1) is 0 Å². The van der Waals surface area contributed by atoms with Gasteiger partial charge >= 0.3 is 5.63 Å². The third-order valence-electron chi connectivity index (χ3n) is 3.64. The van der Waals surface area contributed by atoms with Crippen LogP contribution in [0.5, 0.6) is 0 Å². The Morgan fingerprint density at radius 1 is 1.12 bits per heavy atom. The van der Waals surface area contributed by atoms with Crippen LogP contribution >= 0.6 is 11.3 Å². The van der Waals surface area contributed by atoms with Gasteiger partial charge in [-0.3, -0.25) is 4.79 Å². The number of hydrogen-bond acceptors (Lipinski definition) is 6. The lowest BCUT2D eigenvalue weighted by atomic mass is 10.1. The highest BCUT2D eigenvalue weighted by Gasteiger charge is 2.14. The third kappa shape index (κ3) is 2.68. The van der Waals surface area contributed by atoms with E-state index >= 15 is 0 Å². The van der Waals surface area contributed by atoms with Crippen molar-refractivity contribution < 1.29 is 9.21 Å². The number of para-hydroxylation sites is 2. The number of aromatic nitrogens is 1. The van der Waals surface area contributed by atoms with E-state index in [-0.39, 0.29) is 17.9 Å².